The van der Waals surface area contributed by atoms with Crippen molar-refractivity contribution in [3.63, 3.8) is 0 Å². The van der Waals surface area contributed by atoms with Crippen molar-refractivity contribution in [2.75, 3.05) is 5.73 Å². The molecule has 2 aromatic rings. The van der Waals surface area contributed by atoms with Crippen molar-refractivity contribution < 1.29 is 9.66 Å². The van der Waals surface area contributed by atoms with Crippen LogP contribution in [0.1, 0.15) is 0 Å². The van der Waals surface area contributed by atoms with E-state index in [1.165, 1.54) is 12.1 Å². The number of nitrogen functional groups attached to an aromatic ring is 1. The summed E-state index contributed by atoms with van der Waals surface area (Å²) in [4.78, 5) is 17.3. The van der Waals surface area contributed by atoms with Gasteiger partial charge in [-0.05, 0) is 12.1 Å². The Kier molecular flexibility index (Phi) is 3.68. The summed E-state index contributed by atoms with van der Waals surface area (Å²) in [6.07, 6.45) is 0.954. The molecule has 1 aromatic heterocycles. The van der Waals surface area contributed by atoms with Gasteiger partial charge < -0.3 is 10.5 Å². The first-order valence-corrected chi connectivity index (χ1v) is 5.63. The largest absolute Gasteiger partial charge is 0.432 e. The molecule has 19 heavy (non-hydrogen) atoms. The van der Waals surface area contributed by atoms with E-state index < -0.39 is 10.6 Å². The third kappa shape index (κ3) is 3.01. The van der Waals surface area contributed by atoms with Crippen LogP contribution in [0.3, 0.4) is 0 Å². The molecule has 0 radical (unpaired) electrons. The fourth-order valence-electron chi connectivity index (χ4n) is 1.23. The van der Waals surface area contributed by atoms with Crippen LogP contribution < -0.4 is 10.5 Å². The molecule has 0 aliphatic heterocycles. The summed E-state index contributed by atoms with van der Waals surface area (Å²) < 4.78 is 5.27. The van der Waals surface area contributed by atoms with E-state index in [0.717, 1.165) is 6.20 Å². The summed E-state index contributed by atoms with van der Waals surface area (Å²) in [6, 6.07) is 4.46. The van der Waals surface area contributed by atoms with Crippen LogP contribution in [-0.2, 0) is 0 Å². The summed E-state index contributed by atoms with van der Waals surface area (Å²) in [5.41, 5.74) is 4.94. The van der Waals surface area contributed by atoms with Crippen molar-refractivity contribution in [1.29, 1.82) is 0 Å². The molecule has 0 saturated carbocycles. The summed E-state index contributed by atoms with van der Waals surface area (Å²) in [5.74, 6) is -0.323. The van der Waals surface area contributed by atoms with Crippen LogP contribution in [0, 0.1) is 10.1 Å². The topological polar surface area (TPSA) is 104 Å². The number of nitro groups is 1. The Labute approximate surface area is 117 Å². The van der Waals surface area contributed by atoms with Crippen LogP contribution in [0.2, 0.25) is 10.0 Å². The Morgan fingerprint density at radius 2 is 2.11 bits per heavy atom. The minimum atomic E-state index is -0.687. The number of hydrogen-bond acceptors (Lipinski definition) is 6. The van der Waals surface area contributed by atoms with Gasteiger partial charge >= 0.3 is 11.6 Å². The average Bonchev–Trinajstić information content (AvgIpc) is 2.33. The van der Waals surface area contributed by atoms with Gasteiger partial charge in [-0.1, -0.05) is 23.2 Å². The number of rotatable bonds is 3. The minimum absolute atomic E-state index is 0.135. The average molecular weight is 301 g/mol. The lowest BCUT2D eigenvalue weighted by Crippen LogP contribution is -2.01. The molecule has 0 fully saturated rings. The van der Waals surface area contributed by atoms with Crippen LogP contribution in [0.4, 0.5) is 11.6 Å². The maximum atomic E-state index is 10.8. The molecule has 0 atom stereocenters. The van der Waals surface area contributed by atoms with Crippen molar-refractivity contribution >= 4 is 34.8 Å². The monoisotopic (exact) mass is 300 g/mol. The van der Waals surface area contributed by atoms with Crippen LogP contribution >= 0.6 is 23.2 Å². The molecule has 0 aliphatic carbocycles. The summed E-state index contributed by atoms with van der Waals surface area (Å²) in [5, 5.41) is 11.4. The number of hydrogen-bond donors (Lipinski definition) is 1. The van der Waals surface area contributed by atoms with Gasteiger partial charge in [-0.15, -0.1) is 0 Å². The fourth-order valence-corrected chi connectivity index (χ4v) is 1.55. The first-order valence-electron chi connectivity index (χ1n) is 4.87. The molecule has 98 valence electrons. The van der Waals surface area contributed by atoms with Gasteiger partial charge in [-0.2, -0.15) is 4.98 Å². The van der Waals surface area contributed by atoms with E-state index in [-0.39, 0.29) is 22.6 Å². The van der Waals surface area contributed by atoms with E-state index in [1.807, 2.05) is 0 Å². The van der Waals surface area contributed by atoms with Crippen LogP contribution in [0.15, 0.2) is 24.4 Å². The number of anilines is 1. The van der Waals surface area contributed by atoms with Crippen molar-refractivity contribution in [3.05, 3.63) is 44.6 Å². The third-order valence-electron chi connectivity index (χ3n) is 2.05. The fraction of sp³-hybridized carbons (Fsp3) is 0. The van der Waals surface area contributed by atoms with Crippen LogP contribution in [0.5, 0.6) is 11.6 Å². The molecule has 7 nitrogen and oxygen atoms in total. The lowest BCUT2D eigenvalue weighted by molar-refractivity contribution is -0.386. The molecule has 1 heterocycles. The number of nitrogens with zero attached hydrogens (tertiary/aromatic N) is 3. The zero-order chi connectivity index (χ0) is 14.0. The number of nitrogens with two attached hydrogens (primary N) is 1. The molecule has 2 N–H and O–H groups in total. The highest BCUT2D eigenvalue weighted by Gasteiger charge is 2.20. The van der Waals surface area contributed by atoms with Gasteiger partial charge in [0.15, 0.2) is 0 Å². The molecule has 0 bridgehead atoms. The van der Waals surface area contributed by atoms with E-state index in [2.05, 4.69) is 9.97 Å². The van der Waals surface area contributed by atoms with Gasteiger partial charge in [0.2, 0.25) is 5.95 Å². The molecule has 0 saturated heterocycles. The van der Waals surface area contributed by atoms with Crippen molar-refractivity contribution in [2.24, 2.45) is 0 Å². The Bertz CT molecular complexity index is 651. The zero-order valence-electron chi connectivity index (χ0n) is 9.21. The predicted octanol–water partition coefficient (Wildman–Crippen LogP) is 3.07. The second-order valence-electron chi connectivity index (χ2n) is 3.35. The minimum Gasteiger partial charge on any atom is -0.432 e. The summed E-state index contributed by atoms with van der Waals surface area (Å²) in [7, 11) is 0. The molecule has 0 unspecified atom stereocenters. The predicted molar refractivity (Wildman–Crippen MR) is 69.6 cm³/mol. The van der Waals surface area contributed by atoms with Gasteiger partial charge in [0.25, 0.3) is 0 Å². The Hall–Kier alpha value is -2.12. The van der Waals surface area contributed by atoms with Crippen molar-refractivity contribution in [2.45, 2.75) is 0 Å². The molecule has 1 aromatic carbocycles. The molecule has 2 rings (SSSR count). The van der Waals surface area contributed by atoms with E-state index in [9.17, 15) is 10.1 Å². The first kappa shape index (κ1) is 13.3. The highest BCUT2D eigenvalue weighted by atomic mass is 35.5. The molecule has 0 aliphatic rings. The van der Waals surface area contributed by atoms with Crippen LogP contribution in [0.25, 0.3) is 0 Å². The lowest BCUT2D eigenvalue weighted by Gasteiger charge is -2.07. The standard InChI is InChI=1S/C10H6Cl2N4O3/c11-5-1-2-6(12)8(3-5)19-9-7(16(17)18)4-14-10(13)15-9/h1-4H,(H2,13,14,15). The highest BCUT2D eigenvalue weighted by Crippen LogP contribution is 2.34. The maximum absolute atomic E-state index is 10.8. The third-order valence-corrected chi connectivity index (χ3v) is 2.60. The van der Waals surface area contributed by atoms with Gasteiger partial charge in [0, 0.05) is 11.1 Å². The second-order valence-corrected chi connectivity index (χ2v) is 4.20. The van der Waals surface area contributed by atoms with Gasteiger partial charge in [-0.25, -0.2) is 4.98 Å². The van der Waals surface area contributed by atoms with Gasteiger partial charge in [-0.3, -0.25) is 10.1 Å². The molecule has 0 amide bonds. The SMILES string of the molecule is Nc1ncc([N+](=O)[O-])c(Oc2cc(Cl)ccc2Cl)n1. The number of aromatic nitrogens is 2. The molecular formula is C10H6Cl2N4O3. The van der Waals surface area contributed by atoms with E-state index in [4.69, 9.17) is 33.7 Å². The maximum Gasteiger partial charge on any atom is 0.349 e. The number of halogens is 2. The smallest absolute Gasteiger partial charge is 0.349 e. The number of ether oxygens (including phenoxy) is 1. The number of benzene rings is 1. The quantitative estimate of drug-likeness (QED) is 0.690. The van der Waals surface area contributed by atoms with Crippen molar-refractivity contribution in [1.82, 2.24) is 9.97 Å². The lowest BCUT2D eigenvalue weighted by atomic mass is 10.3. The molecule has 0 spiro atoms. The van der Waals surface area contributed by atoms with E-state index in [0.29, 0.717) is 5.02 Å². The highest BCUT2D eigenvalue weighted by molar-refractivity contribution is 6.34. The summed E-state index contributed by atoms with van der Waals surface area (Å²) in [6.45, 7) is 0. The first-order chi connectivity index (χ1) is 8.97. The Balaban J connectivity index is 2.45. The second kappa shape index (κ2) is 5.25. The van der Waals surface area contributed by atoms with E-state index >= 15 is 0 Å². The zero-order valence-corrected chi connectivity index (χ0v) is 10.7. The Morgan fingerprint density at radius 1 is 1.37 bits per heavy atom. The normalized spacial score (nSPS) is 10.2. The molecule has 9 heteroatoms. The van der Waals surface area contributed by atoms with Crippen molar-refractivity contribution in [3.8, 4) is 11.6 Å². The summed E-state index contributed by atoms with van der Waals surface area (Å²) >= 11 is 11.7. The molecular weight excluding hydrogens is 295 g/mol. The van der Waals surface area contributed by atoms with Gasteiger partial charge in [0.1, 0.15) is 11.9 Å². The van der Waals surface area contributed by atoms with Gasteiger partial charge in [0.05, 0.1) is 9.95 Å². The Morgan fingerprint density at radius 3 is 2.79 bits per heavy atom. The van der Waals surface area contributed by atoms with Crippen LogP contribution in [-0.4, -0.2) is 14.9 Å². The van der Waals surface area contributed by atoms with E-state index in [1.54, 1.807) is 6.07 Å².